The van der Waals surface area contributed by atoms with Crippen LogP contribution in [0.2, 0.25) is 0 Å². The number of H-pyrrole nitrogens is 2. The summed E-state index contributed by atoms with van der Waals surface area (Å²) in [4.78, 5) is 68.1. The first-order valence-corrected chi connectivity index (χ1v) is 19.6. The second-order valence-electron chi connectivity index (χ2n) is 14.2. The van der Waals surface area contributed by atoms with Crippen molar-refractivity contribution in [1.29, 1.82) is 0 Å². The molecule has 2 aromatic heterocycles. The Balaban J connectivity index is 0.928. The number of benzene rings is 4. The number of aromatic amines is 2. The van der Waals surface area contributed by atoms with Crippen molar-refractivity contribution in [3.63, 3.8) is 0 Å². The normalized spacial score (nSPS) is 14.8. The van der Waals surface area contributed by atoms with E-state index in [2.05, 4.69) is 30.6 Å². The molecular formula is C44H44N10O6. The molecule has 2 aliphatic heterocycles. The molecule has 2 saturated heterocycles. The maximum absolute atomic E-state index is 13.9. The zero-order valence-electron chi connectivity index (χ0n) is 33.1. The van der Waals surface area contributed by atoms with E-state index in [1.807, 2.05) is 94.9 Å². The summed E-state index contributed by atoms with van der Waals surface area (Å²) in [5.74, 6) is 0.468. The van der Waals surface area contributed by atoms with Crippen molar-refractivity contribution < 1.29 is 28.7 Å². The lowest BCUT2D eigenvalue weighted by molar-refractivity contribution is -0.133. The van der Waals surface area contributed by atoms with E-state index < -0.39 is 24.3 Å². The van der Waals surface area contributed by atoms with Gasteiger partial charge in [0, 0.05) is 26.2 Å². The summed E-state index contributed by atoms with van der Waals surface area (Å²) in [6.45, 7) is 2.10. The molecule has 8 rings (SSSR count). The van der Waals surface area contributed by atoms with Crippen LogP contribution in [0.15, 0.2) is 122 Å². The van der Waals surface area contributed by atoms with Gasteiger partial charge in [0.2, 0.25) is 11.9 Å². The zero-order valence-corrected chi connectivity index (χ0v) is 33.1. The van der Waals surface area contributed by atoms with Crippen LogP contribution in [0.5, 0.6) is 0 Å². The number of anilines is 2. The van der Waals surface area contributed by atoms with Gasteiger partial charge in [-0.3, -0.25) is 19.6 Å². The Hall–Kier alpha value is -7.62. The summed E-state index contributed by atoms with van der Waals surface area (Å²) in [5.41, 5.74) is 6.79. The number of methoxy groups -OCH3 is 2. The Labute approximate surface area is 346 Å². The van der Waals surface area contributed by atoms with Crippen LogP contribution < -0.4 is 20.7 Å². The highest BCUT2D eigenvalue weighted by molar-refractivity contribution is 5.89. The van der Waals surface area contributed by atoms with Gasteiger partial charge in [-0.25, -0.2) is 29.6 Å². The molecule has 306 valence electrons. The minimum atomic E-state index is -0.928. The largest absolute Gasteiger partial charge is 0.453 e. The maximum atomic E-state index is 13.9. The molecule has 4 amide bonds. The quantitative estimate of drug-likeness (QED) is 0.117. The Morgan fingerprint density at radius 3 is 1.27 bits per heavy atom. The molecule has 2 fully saturated rings. The molecule has 2 atom stereocenters. The Morgan fingerprint density at radius 1 is 0.533 bits per heavy atom. The molecule has 2 aliphatic rings. The van der Waals surface area contributed by atoms with E-state index in [1.54, 1.807) is 46.7 Å². The van der Waals surface area contributed by atoms with Gasteiger partial charge in [0.05, 0.1) is 38.0 Å². The molecule has 4 N–H and O–H groups in total. The highest BCUT2D eigenvalue weighted by atomic mass is 16.5. The number of nitrogens with zero attached hydrogens (tertiary/aromatic N) is 6. The van der Waals surface area contributed by atoms with Crippen LogP contribution in [-0.2, 0) is 19.1 Å². The van der Waals surface area contributed by atoms with Gasteiger partial charge in [-0.15, -0.1) is 0 Å². The predicted octanol–water partition coefficient (Wildman–Crippen LogP) is 6.24. The number of nitrogens with one attached hydrogen (secondary N) is 4. The van der Waals surface area contributed by atoms with E-state index in [1.165, 1.54) is 14.2 Å². The molecule has 0 spiro atoms. The number of ether oxygens (including phenoxy) is 2. The van der Waals surface area contributed by atoms with Crippen molar-refractivity contribution in [1.82, 2.24) is 40.6 Å². The summed E-state index contributed by atoms with van der Waals surface area (Å²) in [6, 6.07) is 32.6. The first-order chi connectivity index (χ1) is 29.3. The summed E-state index contributed by atoms with van der Waals surface area (Å²) < 4.78 is 9.62. The molecule has 4 aromatic carbocycles. The highest BCUT2D eigenvalue weighted by Gasteiger charge is 2.37. The number of imidazole rings is 2. The molecule has 60 heavy (non-hydrogen) atoms. The SMILES string of the molecule is COC(=O)N[C@@H](C(=O)N1CCCN1c1ncc(-c2ccc(-c3ccc(-c4cnc(N5CCCN5C(=O)[C@H](NC(=O)OC)c5ccccc5)[nH]4)cc3)cc2)[nH]1)c1ccccc1. The van der Waals surface area contributed by atoms with Crippen molar-refractivity contribution >= 4 is 35.9 Å². The summed E-state index contributed by atoms with van der Waals surface area (Å²) in [7, 11) is 2.53. The second-order valence-corrected chi connectivity index (χ2v) is 14.2. The molecule has 16 heteroatoms. The zero-order chi connectivity index (χ0) is 41.6. The van der Waals surface area contributed by atoms with E-state index in [0.29, 0.717) is 49.2 Å². The molecule has 0 unspecified atom stereocenters. The van der Waals surface area contributed by atoms with Crippen molar-refractivity contribution in [2.24, 2.45) is 0 Å². The Bertz CT molecular complexity index is 2270. The topological polar surface area (TPSA) is 181 Å². The standard InChI is InChI=1S/C44H44N10O6/c1-59-43(57)49-37(33-11-5-3-6-12-33)39(55)51-23-9-25-53(51)41-45-27-35(47-41)31-19-15-29(16-20-31)30-17-21-32(22-18-30)36-28-46-42(48-36)54-26-10-24-52(54)40(56)38(50-44(58)60-2)34-13-7-4-8-14-34/h3-8,11-22,27-28,37-38H,9-10,23-26H2,1-2H3,(H,45,47)(H,46,48)(H,49,57)(H,50,58)/t37-,38-/m1/s1. The van der Waals surface area contributed by atoms with Gasteiger partial charge in [-0.2, -0.15) is 0 Å². The number of alkyl carbamates (subject to hydrolysis) is 2. The molecule has 0 aliphatic carbocycles. The van der Waals surface area contributed by atoms with Gasteiger partial charge < -0.3 is 30.1 Å². The van der Waals surface area contributed by atoms with E-state index in [9.17, 15) is 19.2 Å². The molecule has 4 heterocycles. The summed E-state index contributed by atoms with van der Waals surface area (Å²) >= 11 is 0. The average Bonchev–Trinajstić information content (AvgIpc) is 4.15. The van der Waals surface area contributed by atoms with Crippen molar-refractivity contribution in [3.05, 3.63) is 133 Å². The number of rotatable bonds is 11. The van der Waals surface area contributed by atoms with Crippen LogP contribution in [0.3, 0.4) is 0 Å². The monoisotopic (exact) mass is 808 g/mol. The fourth-order valence-electron chi connectivity index (χ4n) is 7.50. The van der Waals surface area contributed by atoms with E-state index >= 15 is 0 Å². The van der Waals surface area contributed by atoms with Crippen LogP contribution in [0, 0.1) is 0 Å². The third-order valence-corrected chi connectivity index (χ3v) is 10.6. The van der Waals surface area contributed by atoms with Gasteiger partial charge in [-0.05, 0) is 46.2 Å². The van der Waals surface area contributed by atoms with Gasteiger partial charge in [0.15, 0.2) is 0 Å². The van der Waals surface area contributed by atoms with E-state index in [-0.39, 0.29) is 11.8 Å². The first-order valence-electron chi connectivity index (χ1n) is 19.6. The second kappa shape index (κ2) is 17.5. The lowest BCUT2D eigenvalue weighted by Crippen LogP contribution is -2.48. The van der Waals surface area contributed by atoms with Gasteiger partial charge in [-0.1, -0.05) is 109 Å². The van der Waals surface area contributed by atoms with Crippen LogP contribution in [0.25, 0.3) is 33.6 Å². The van der Waals surface area contributed by atoms with E-state index in [0.717, 1.165) is 46.5 Å². The minimum Gasteiger partial charge on any atom is -0.453 e. The van der Waals surface area contributed by atoms with Crippen LogP contribution >= 0.6 is 0 Å². The van der Waals surface area contributed by atoms with Crippen LogP contribution in [0.1, 0.15) is 36.1 Å². The van der Waals surface area contributed by atoms with E-state index in [4.69, 9.17) is 9.47 Å². The Morgan fingerprint density at radius 2 is 0.900 bits per heavy atom. The average molecular weight is 809 g/mol. The summed E-state index contributed by atoms with van der Waals surface area (Å²) in [6.07, 6.45) is 3.59. The third kappa shape index (κ3) is 8.20. The number of hydrogen-bond donors (Lipinski definition) is 4. The van der Waals surface area contributed by atoms with Crippen molar-refractivity contribution in [2.45, 2.75) is 24.9 Å². The molecule has 6 aromatic rings. The van der Waals surface area contributed by atoms with Gasteiger partial charge in [0.25, 0.3) is 11.8 Å². The molecular weight excluding hydrogens is 765 g/mol. The highest BCUT2D eigenvalue weighted by Crippen LogP contribution is 2.31. The number of aromatic nitrogens is 4. The fourth-order valence-corrected chi connectivity index (χ4v) is 7.50. The van der Waals surface area contributed by atoms with Gasteiger partial charge in [0.1, 0.15) is 12.1 Å². The first kappa shape index (κ1) is 39.2. The number of carbonyl (C=O) groups excluding carboxylic acids is 4. The maximum Gasteiger partial charge on any atom is 0.407 e. The van der Waals surface area contributed by atoms with Crippen LogP contribution in [-0.4, -0.2) is 94.4 Å². The Kier molecular flexibility index (Phi) is 11.4. The molecule has 0 radical (unpaired) electrons. The molecule has 16 nitrogen and oxygen atoms in total. The lowest BCUT2D eigenvalue weighted by atomic mass is 10.0. The van der Waals surface area contributed by atoms with Crippen LogP contribution in [0.4, 0.5) is 21.5 Å². The fraction of sp³-hybridized carbons (Fsp3) is 0.227. The number of amides is 4. The number of hydrogen-bond acceptors (Lipinski definition) is 10. The van der Waals surface area contributed by atoms with Crippen molar-refractivity contribution in [3.8, 4) is 33.6 Å². The third-order valence-electron chi connectivity index (χ3n) is 10.6. The predicted molar refractivity (Wildman–Crippen MR) is 224 cm³/mol. The van der Waals surface area contributed by atoms with Crippen molar-refractivity contribution in [2.75, 3.05) is 50.4 Å². The molecule has 0 bridgehead atoms. The summed E-state index contributed by atoms with van der Waals surface area (Å²) in [5, 5.41) is 12.2. The number of hydrazine groups is 2. The molecule has 0 saturated carbocycles. The lowest BCUT2D eigenvalue weighted by Gasteiger charge is -2.31. The van der Waals surface area contributed by atoms with Gasteiger partial charge >= 0.3 is 12.2 Å². The minimum absolute atomic E-state index is 0.292. The smallest absolute Gasteiger partial charge is 0.407 e. The number of carbonyl (C=O) groups is 4.